The second-order valence-corrected chi connectivity index (χ2v) is 6.99. The summed E-state index contributed by atoms with van der Waals surface area (Å²) >= 11 is 0. The molecule has 2 amide bonds. The van der Waals surface area contributed by atoms with Crippen molar-refractivity contribution < 1.29 is 27.5 Å². The third-order valence-corrected chi connectivity index (χ3v) is 4.85. The first-order valence-corrected chi connectivity index (χ1v) is 9.19. The van der Waals surface area contributed by atoms with Crippen molar-refractivity contribution in [3.63, 3.8) is 0 Å². The predicted octanol–water partition coefficient (Wildman–Crippen LogP) is 4.13. The minimum absolute atomic E-state index is 0.0230. The van der Waals surface area contributed by atoms with Crippen molar-refractivity contribution in [1.82, 2.24) is 4.90 Å². The van der Waals surface area contributed by atoms with Crippen LogP contribution < -0.4 is 10.1 Å². The molecule has 1 N–H and O–H groups in total. The molecular weight excluding hydrogens is 385 g/mol. The van der Waals surface area contributed by atoms with Crippen LogP contribution in [0.3, 0.4) is 0 Å². The minimum Gasteiger partial charge on any atom is -0.405 e. The topological polar surface area (TPSA) is 58.6 Å². The summed E-state index contributed by atoms with van der Waals surface area (Å²) in [7, 11) is 1.52. The molecular formula is C21H21F3N2O3. The summed E-state index contributed by atoms with van der Waals surface area (Å²) in [6.07, 6.45) is -3.76. The fourth-order valence-corrected chi connectivity index (χ4v) is 3.34. The van der Waals surface area contributed by atoms with Gasteiger partial charge in [-0.2, -0.15) is 0 Å². The molecule has 1 heterocycles. The van der Waals surface area contributed by atoms with Crippen LogP contribution >= 0.6 is 0 Å². The van der Waals surface area contributed by atoms with Gasteiger partial charge >= 0.3 is 6.36 Å². The van der Waals surface area contributed by atoms with Crippen LogP contribution in [-0.2, 0) is 22.6 Å². The number of hydrogen-bond acceptors (Lipinski definition) is 3. The van der Waals surface area contributed by atoms with E-state index >= 15 is 0 Å². The molecule has 8 heteroatoms. The van der Waals surface area contributed by atoms with Gasteiger partial charge in [0, 0.05) is 37.2 Å². The molecule has 0 aliphatic carbocycles. The lowest BCUT2D eigenvalue weighted by molar-refractivity contribution is -0.275. The van der Waals surface area contributed by atoms with E-state index in [1.807, 2.05) is 24.3 Å². The molecule has 0 fully saturated rings. The third-order valence-electron chi connectivity index (χ3n) is 4.85. The van der Waals surface area contributed by atoms with Gasteiger partial charge < -0.3 is 15.0 Å². The number of hydrogen-bond donors (Lipinski definition) is 1. The van der Waals surface area contributed by atoms with Crippen molar-refractivity contribution in [2.75, 3.05) is 12.4 Å². The van der Waals surface area contributed by atoms with Crippen LogP contribution in [-0.4, -0.2) is 30.1 Å². The standard InChI is InChI=1S/C21H21F3N2O3/c1-26(13-16-7-3-5-9-18(16)29-21(22,23)24)19(27)11-10-15-12-14-6-2-4-8-17(14)25-20(15)28/h2-9,15H,10-13H2,1H3,(H,25,28). The number of anilines is 1. The summed E-state index contributed by atoms with van der Waals surface area (Å²) in [6.45, 7) is -0.0230. The number of nitrogens with zero attached hydrogens (tertiary/aromatic N) is 1. The number of benzene rings is 2. The van der Waals surface area contributed by atoms with Crippen LogP contribution in [0.15, 0.2) is 48.5 Å². The predicted molar refractivity (Wildman–Crippen MR) is 101 cm³/mol. The van der Waals surface area contributed by atoms with Gasteiger partial charge in [-0.05, 0) is 30.5 Å². The maximum absolute atomic E-state index is 12.5. The summed E-state index contributed by atoms with van der Waals surface area (Å²) in [5, 5.41) is 2.85. The average molecular weight is 406 g/mol. The van der Waals surface area contributed by atoms with Crippen molar-refractivity contribution in [3.05, 3.63) is 59.7 Å². The first-order valence-electron chi connectivity index (χ1n) is 9.19. The van der Waals surface area contributed by atoms with E-state index in [9.17, 15) is 22.8 Å². The Labute approximate surface area is 166 Å². The number of fused-ring (bicyclic) bond motifs is 1. The summed E-state index contributed by atoms with van der Waals surface area (Å²) in [6, 6.07) is 13.2. The first-order chi connectivity index (χ1) is 13.7. The van der Waals surface area contributed by atoms with E-state index in [1.54, 1.807) is 6.07 Å². The second-order valence-electron chi connectivity index (χ2n) is 6.99. The Kier molecular flexibility index (Phi) is 6.10. The van der Waals surface area contributed by atoms with E-state index in [1.165, 1.54) is 30.1 Å². The maximum Gasteiger partial charge on any atom is 0.573 e. The fourth-order valence-electron chi connectivity index (χ4n) is 3.34. The van der Waals surface area contributed by atoms with Crippen LogP contribution in [0.5, 0.6) is 5.75 Å². The molecule has 5 nitrogen and oxygen atoms in total. The van der Waals surface area contributed by atoms with Gasteiger partial charge in [0.15, 0.2) is 0 Å². The molecule has 0 saturated heterocycles. The first kappa shape index (κ1) is 20.7. The quantitative estimate of drug-likeness (QED) is 0.785. The molecule has 1 unspecified atom stereocenters. The lowest BCUT2D eigenvalue weighted by atomic mass is 9.89. The van der Waals surface area contributed by atoms with Crippen molar-refractivity contribution in [3.8, 4) is 5.75 Å². The van der Waals surface area contributed by atoms with Gasteiger partial charge in [0.05, 0.1) is 0 Å². The minimum atomic E-state index is -4.80. The summed E-state index contributed by atoms with van der Waals surface area (Å²) in [5.74, 6) is -1.02. The molecule has 2 aromatic carbocycles. The van der Waals surface area contributed by atoms with Crippen molar-refractivity contribution in [2.45, 2.75) is 32.2 Å². The smallest absolute Gasteiger partial charge is 0.405 e. The molecule has 2 aromatic rings. The summed E-state index contributed by atoms with van der Waals surface area (Å²) < 4.78 is 41.7. The van der Waals surface area contributed by atoms with E-state index < -0.39 is 6.36 Å². The van der Waals surface area contributed by atoms with Crippen LogP contribution in [0.25, 0.3) is 0 Å². The second kappa shape index (κ2) is 8.55. The number of amides is 2. The number of carbonyl (C=O) groups is 2. The van der Waals surface area contributed by atoms with E-state index in [4.69, 9.17) is 0 Å². The zero-order chi connectivity index (χ0) is 21.0. The number of halogens is 3. The molecule has 0 bridgehead atoms. The third kappa shape index (κ3) is 5.49. The number of rotatable bonds is 6. The molecule has 154 valence electrons. The highest BCUT2D eigenvalue weighted by Gasteiger charge is 2.32. The van der Waals surface area contributed by atoms with Gasteiger partial charge in [0.1, 0.15) is 5.75 Å². The highest BCUT2D eigenvalue weighted by Crippen LogP contribution is 2.29. The lowest BCUT2D eigenvalue weighted by Gasteiger charge is -2.25. The largest absolute Gasteiger partial charge is 0.573 e. The van der Waals surface area contributed by atoms with Crippen molar-refractivity contribution in [1.29, 1.82) is 0 Å². The molecule has 1 aliphatic heterocycles. The fraction of sp³-hybridized carbons (Fsp3) is 0.333. The number of nitrogens with one attached hydrogen (secondary N) is 1. The van der Waals surface area contributed by atoms with Gasteiger partial charge in [-0.15, -0.1) is 13.2 Å². The van der Waals surface area contributed by atoms with Crippen LogP contribution in [0.1, 0.15) is 24.0 Å². The molecule has 29 heavy (non-hydrogen) atoms. The van der Waals surface area contributed by atoms with Crippen LogP contribution in [0.4, 0.5) is 18.9 Å². The Balaban J connectivity index is 1.57. The van der Waals surface area contributed by atoms with Gasteiger partial charge in [-0.3, -0.25) is 9.59 Å². The Bertz CT molecular complexity index is 899. The van der Waals surface area contributed by atoms with Crippen LogP contribution in [0.2, 0.25) is 0 Å². The molecule has 1 atom stereocenters. The molecule has 0 spiro atoms. The monoisotopic (exact) mass is 406 g/mol. The van der Waals surface area contributed by atoms with Gasteiger partial charge in [-0.25, -0.2) is 0 Å². The van der Waals surface area contributed by atoms with Gasteiger partial charge in [0.25, 0.3) is 0 Å². The van der Waals surface area contributed by atoms with E-state index in [0.29, 0.717) is 12.8 Å². The molecule has 1 aliphatic rings. The number of carbonyl (C=O) groups excluding carboxylic acids is 2. The van der Waals surface area contributed by atoms with Gasteiger partial charge in [-0.1, -0.05) is 36.4 Å². The molecule has 0 radical (unpaired) electrons. The Morgan fingerprint density at radius 3 is 2.62 bits per heavy atom. The van der Waals surface area contributed by atoms with Crippen molar-refractivity contribution >= 4 is 17.5 Å². The summed E-state index contributed by atoms with van der Waals surface area (Å²) in [5.41, 5.74) is 2.07. The number of ether oxygens (including phenoxy) is 1. The Morgan fingerprint density at radius 2 is 1.86 bits per heavy atom. The Hall–Kier alpha value is -3.03. The van der Waals surface area contributed by atoms with Crippen LogP contribution in [0, 0.1) is 5.92 Å². The SMILES string of the molecule is CN(Cc1ccccc1OC(F)(F)F)C(=O)CCC1Cc2ccccc2NC1=O. The average Bonchev–Trinajstić information content (AvgIpc) is 2.66. The lowest BCUT2D eigenvalue weighted by Crippen LogP contribution is -2.32. The number of para-hydroxylation sites is 2. The van der Waals surface area contributed by atoms with Gasteiger partial charge in [0.2, 0.25) is 11.8 Å². The normalized spacial score (nSPS) is 16.0. The summed E-state index contributed by atoms with van der Waals surface area (Å²) in [4.78, 5) is 26.1. The van der Waals surface area contributed by atoms with E-state index in [0.717, 1.165) is 11.3 Å². The Morgan fingerprint density at radius 1 is 1.17 bits per heavy atom. The number of alkyl halides is 3. The highest BCUT2D eigenvalue weighted by atomic mass is 19.4. The molecule has 0 aromatic heterocycles. The zero-order valence-electron chi connectivity index (χ0n) is 15.8. The maximum atomic E-state index is 12.5. The molecule has 0 saturated carbocycles. The van der Waals surface area contributed by atoms with E-state index in [-0.39, 0.29) is 42.0 Å². The highest BCUT2D eigenvalue weighted by molar-refractivity contribution is 5.96. The van der Waals surface area contributed by atoms with E-state index in [2.05, 4.69) is 10.1 Å². The zero-order valence-corrected chi connectivity index (χ0v) is 15.8. The van der Waals surface area contributed by atoms with Crippen molar-refractivity contribution in [2.24, 2.45) is 5.92 Å². The molecule has 3 rings (SSSR count).